The average Bonchev–Trinajstić information content (AvgIpc) is 3.26. The van der Waals surface area contributed by atoms with Crippen LogP contribution < -0.4 is 11.1 Å². The van der Waals surface area contributed by atoms with Crippen molar-refractivity contribution in [1.82, 2.24) is 20.2 Å². The molecule has 0 atom stereocenters. The van der Waals surface area contributed by atoms with Crippen LogP contribution in [0.4, 0.5) is 5.95 Å². The molecule has 0 amide bonds. The van der Waals surface area contributed by atoms with Crippen molar-refractivity contribution in [2.75, 3.05) is 25.4 Å². The van der Waals surface area contributed by atoms with Gasteiger partial charge in [0.25, 0.3) is 0 Å². The Bertz CT molecular complexity index is 432. The molecule has 5 heteroatoms. The minimum Gasteiger partial charge on any atom is -0.368 e. The number of rotatable bonds is 5. The fourth-order valence-electron chi connectivity index (χ4n) is 2.81. The van der Waals surface area contributed by atoms with E-state index in [1.807, 2.05) is 12.4 Å². The van der Waals surface area contributed by atoms with E-state index in [0.29, 0.717) is 11.4 Å². The van der Waals surface area contributed by atoms with Crippen LogP contribution in [0.1, 0.15) is 38.2 Å². The van der Waals surface area contributed by atoms with Gasteiger partial charge in [-0.2, -0.15) is 0 Å². The van der Waals surface area contributed by atoms with Crippen molar-refractivity contribution in [3.63, 3.8) is 0 Å². The van der Waals surface area contributed by atoms with Gasteiger partial charge in [-0.15, -0.1) is 0 Å². The summed E-state index contributed by atoms with van der Waals surface area (Å²) in [4.78, 5) is 10.6. The van der Waals surface area contributed by atoms with E-state index in [1.165, 1.54) is 32.2 Å². The van der Waals surface area contributed by atoms with Crippen LogP contribution in [0.25, 0.3) is 0 Å². The fourth-order valence-corrected chi connectivity index (χ4v) is 2.81. The van der Waals surface area contributed by atoms with Gasteiger partial charge < -0.3 is 11.1 Å². The Balaban J connectivity index is 1.46. The highest BCUT2D eigenvalue weighted by molar-refractivity contribution is 5.17. The van der Waals surface area contributed by atoms with Crippen molar-refractivity contribution in [2.24, 2.45) is 5.41 Å². The van der Waals surface area contributed by atoms with E-state index in [2.05, 4.69) is 27.1 Å². The SMILES string of the molecule is CC1(CNC2CC2)CCN(Cc2cnc(N)nc2)CC1. The molecule has 3 rings (SSSR count). The van der Waals surface area contributed by atoms with E-state index in [4.69, 9.17) is 5.73 Å². The normalized spacial score (nSPS) is 22.9. The molecular formula is C15H25N5. The zero-order valence-electron chi connectivity index (χ0n) is 12.3. The van der Waals surface area contributed by atoms with E-state index >= 15 is 0 Å². The quantitative estimate of drug-likeness (QED) is 0.850. The summed E-state index contributed by atoms with van der Waals surface area (Å²) in [5.41, 5.74) is 7.14. The second kappa shape index (κ2) is 5.66. The first kappa shape index (κ1) is 13.8. The van der Waals surface area contributed by atoms with Gasteiger partial charge >= 0.3 is 0 Å². The summed E-state index contributed by atoms with van der Waals surface area (Å²) >= 11 is 0. The zero-order chi connectivity index (χ0) is 14.0. The molecule has 5 nitrogen and oxygen atoms in total. The zero-order valence-corrected chi connectivity index (χ0v) is 12.3. The highest BCUT2D eigenvalue weighted by Crippen LogP contribution is 2.32. The van der Waals surface area contributed by atoms with Crippen LogP contribution in [0.3, 0.4) is 0 Å². The maximum atomic E-state index is 5.52. The Morgan fingerprint density at radius 3 is 2.55 bits per heavy atom. The van der Waals surface area contributed by atoms with E-state index in [9.17, 15) is 0 Å². The summed E-state index contributed by atoms with van der Waals surface area (Å²) in [7, 11) is 0. The lowest BCUT2D eigenvalue weighted by molar-refractivity contribution is 0.111. The Kier molecular flexibility index (Phi) is 3.89. The van der Waals surface area contributed by atoms with Gasteiger partial charge in [0.2, 0.25) is 5.95 Å². The van der Waals surface area contributed by atoms with Crippen molar-refractivity contribution in [3.05, 3.63) is 18.0 Å². The number of piperidine rings is 1. The van der Waals surface area contributed by atoms with Crippen LogP contribution in [0, 0.1) is 5.41 Å². The number of hydrogen-bond donors (Lipinski definition) is 2. The molecular weight excluding hydrogens is 250 g/mol. The molecule has 1 aliphatic carbocycles. The number of hydrogen-bond acceptors (Lipinski definition) is 5. The molecule has 1 aromatic rings. The van der Waals surface area contributed by atoms with Gasteiger partial charge in [-0.25, -0.2) is 9.97 Å². The van der Waals surface area contributed by atoms with Gasteiger partial charge in [-0.05, 0) is 44.2 Å². The molecule has 0 unspecified atom stereocenters. The van der Waals surface area contributed by atoms with E-state index < -0.39 is 0 Å². The number of anilines is 1. The molecule has 2 fully saturated rings. The van der Waals surface area contributed by atoms with E-state index in [-0.39, 0.29) is 0 Å². The average molecular weight is 275 g/mol. The molecule has 0 radical (unpaired) electrons. The molecule has 2 heterocycles. The van der Waals surface area contributed by atoms with Crippen molar-refractivity contribution in [3.8, 4) is 0 Å². The van der Waals surface area contributed by atoms with Crippen LogP contribution in [-0.2, 0) is 6.54 Å². The number of aromatic nitrogens is 2. The van der Waals surface area contributed by atoms with Crippen LogP contribution >= 0.6 is 0 Å². The molecule has 20 heavy (non-hydrogen) atoms. The van der Waals surface area contributed by atoms with Crippen LogP contribution in [0.15, 0.2) is 12.4 Å². The second-order valence-corrected chi connectivity index (χ2v) is 6.69. The standard InChI is InChI=1S/C15H25N5/c1-15(11-19-13-2-3-13)4-6-20(7-5-15)10-12-8-17-14(16)18-9-12/h8-9,13,19H,2-7,10-11H2,1H3,(H2,16,17,18). The Morgan fingerprint density at radius 1 is 1.30 bits per heavy atom. The number of nitrogen functional groups attached to an aromatic ring is 1. The molecule has 0 aromatic carbocycles. The summed E-state index contributed by atoms with van der Waals surface area (Å²) in [5.74, 6) is 0.353. The summed E-state index contributed by atoms with van der Waals surface area (Å²) in [5, 5.41) is 3.69. The Hall–Kier alpha value is -1.20. The molecule has 1 saturated carbocycles. The van der Waals surface area contributed by atoms with Crippen molar-refractivity contribution < 1.29 is 0 Å². The minimum atomic E-state index is 0.353. The molecule has 110 valence electrons. The number of likely N-dealkylation sites (tertiary alicyclic amines) is 1. The lowest BCUT2D eigenvalue weighted by Gasteiger charge is -2.39. The fraction of sp³-hybridized carbons (Fsp3) is 0.733. The predicted octanol–water partition coefficient (Wildman–Crippen LogP) is 1.41. The largest absolute Gasteiger partial charge is 0.368 e. The summed E-state index contributed by atoms with van der Waals surface area (Å²) in [6, 6.07) is 0.816. The van der Waals surface area contributed by atoms with Gasteiger partial charge in [0.05, 0.1) is 0 Å². The van der Waals surface area contributed by atoms with Crippen molar-refractivity contribution >= 4 is 5.95 Å². The third-order valence-electron chi connectivity index (χ3n) is 4.59. The molecule has 0 spiro atoms. The van der Waals surface area contributed by atoms with Crippen molar-refractivity contribution in [1.29, 1.82) is 0 Å². The smallest absolute Gasteiger partial charge is 0.219 e. The van der Waals surface area contributed by atoms with E-state index in [1.54, 1.807) is 0 Å². The van der Waals surface area contributed by atoms with Gasteiger partial charge in [0.1, 0.15) is 0 Å². The Morgan fingerprint density at radius 2 is 1.95 bits per heavy atom. The van der Waals surface area contributed by atoms with E-state index in [0.717, 1.165) is 31.2 Å². The first-order valence-corrected chi connectivity index (χ1v) is 7.65. The maximum Gasteiger partial charge on any atom is 0.219 e. The Labute approximate surface area is 121 Å². The van der Waals surface area contributed by atoms with Crippen LogP contribution in [0.2, 0.25) is 0 Å². The summed E-state index contributed by atoms with van der Waals surface area (Å²) in [6.45, 7) is 6.86. The van der Waals surface area contributed by atoms with Crippen molar-refractivity contribution in [2.45, 2.75) is 45.2 Å². The number of nitrogens with zero attached hydrogens (tertiary/aromatic N) is 3. The molecule has 2 aliphatic rings. The lowest BCUT2D eigenvalue weighted by atomic mass is 9.80. The molecule has 0 bridgehead atoms. The summed E-state index contributed by atoms with van der Waals surface area (Å²) in [6.07, 6.45) is 8.96. The first-order valence-electron chi connectivity index (χ1n) is 7.65. The van der Waals surface area contributed by atoms with Gasteiger partial charge in [-0.3, -0.25) is 4.90 Å². The monoisotopic (exact) mass is 275 g/mol. The highest BCUT2D eigenvalue weighted by atomic mass is 15.1. The maximum absolute atomic E-state index is 5.52. The topological polar surface area (TPSA) is 67.1 Å². The molecule has 1 aromatic heterocycles. The van der Waals surface area contributed by atoms with Gasteiger partial charge in [-0.1, -0.05) is 6.92 Å². The highest BCUT2D eigenvalue weighted by Gasteiger charge is 2.32. The summed E-state index contributed by atoms with van der Waals surface area (Å²) < 4.78 is 0. The first-order chi connectivity index (χ1) is 9.63. The predicted molar refractivity (Wildman–Crippen MR) is 80.1 cm³/mol. The van der Waals surface area contributed by atoms with Gasteiger partial charge in [0.15, 0.2) is 0 Å². The third-order valence-corrected chi connectivity index (χ3v) is 4.59. The van der Waals surface area contributed by atoms with Gasteiger partial charge in [0, 0.05) is 37.1 Å². The third kappa shape index (κ3) is 3.67. The molecule has 1 saturated heterocycles. The van der Waals surface area contributed by atoms with Crippen LogP contribution in [-0.4, -0.2) is 40.5 Å². The lowest BCUT2D eigenvalue weighted by Crippen LogP contribution is -2.43. The number of nitrogens with two attached hydrogens (primary N) is 1. The molecule has 3 N–H and O–H groups in total. The van der Waals surface area contributed by atoms with Crippen LogP contribution in [0.5, 0.6) is 0 Å². The molecule has 1 aliphatic heterocycles. The number of nitrogens with one attached hydrogen (secondary N) is 1. The minimum absolute atomic E-state index is 0.353. The second-order valence-electron chi connectivity index (χ2n) is 6.69.